The van der Waals surface area contributed by atoms with Gasteiger partial charge in [0.15, 0.2) is 11.1 Å². The molecule has 1 aliphatic heterocycles. The highest BCUT2D eigenvalue weighted by Gasteiger charge is 2.23. The number of piperazine rings is 1. The third-order valence-electron chi connectivity index (χ3n) is 3.64. The van der Waals surface area contributed by atoms with Crippen molar-refractivity contribution in [1.29, 1.82) is 0 Å². The monoisotopic (exact) mass is 306 g/mol. The summed E-state index contributed by atoms with van der Waals surface area (Å²) in [5.74, 6) is 0.396. The second-order valence-electron chi connectivity index (χ2n) is 5.03. The quantitative estimate of drug-likeness (QED) is 0.675. The molecule has 1 N–H and O–H groups in total. The van der Waals surface area contributed by atoms with E-state index in [4.69, 9.17) is 9.52 Å². The lowest BCUT2D eigenvalue weighted by atomic mass is 10.3. The van der Waals surface area contributed by atoms with Crippen molar-refractivity contribution in [1.82, 2.24) is 14.8 Å². The molecule has 3 rings (SSSR count). The fraction of sp³-hybridized carbons (Fsp3) is 0.385. The molecule has 22 heavy (non-hydrogen) atoms. The van der Waals surface area contributed by atoms with Crippen LogP contribution in [0.2, 0.25) is 0 Å². The number of para-hydroxylation sites is 1. The van der Waals surface area contributed by atoms with E-state index in [1.165, 1.54) is 11.0 Å². The number of rotatable bonds is 3. The Hall–Kier alpha value is -2.68. The van der Waals surface area contributed by atoms with E-state index in [1.54, 1.807) is 12.1 Å². The number of non-ortho nitro benzene ring substituents is 1. The van der Waals surface area contributed by atoms with E-state index in [2.05, 4.69) is 4.98 Å². The van der Waals surface area contributed by atoms with Crippen LogP contribution in [0.25, 0.3) is 11.1 Å². The Labute approximate surface area is 124 Å². The number of oxazole rings is 1. The number of hydrogen-bond donors (Lipinski definition) is 1. The molecule has 1 aromatic carbocycles. The Balaban J connectivity index is 1.74. The molecule has 0 unspecified atom stereocenters. The summed E-state index contributed by atoms with van der Waals surface area (Å²) < 4.78 is 5.55. The first kappa shape index (κ1) is 14.3. The van der Waals surface area contributed by atoms with Crippen molar-refractivity contribution in [3.8, 4) is 0 Å². The van der Waals surface area contributed by atoms with E-state index in [9.17, 15) is 14.9 Å². The van der Waals surface area contributed by atoms with Gasteiger partial charge < -0.3 is 14.4 Å². The molecule has 1 fully saturated rings. The van der Waals surface area contributed by atoms with Crippen molar-refractivity contribution >= 4 is 22.9 Å². The molecule has 0 atom stereocenters. The van der Waals surface area contributed by atoms with Gasteiger partial charge >= 0.3 is 6.09 Å². The Bertz CT molecular complexity index is 720. The zero-order valence-corrected chi connectivity index (χ0v) is 11.6. The van der Waals surface area contributed by atoms with Crippen LogP contribution < -0.4 is 0 Å². The number of carboxylic acid groups (broad SMARTS) is 1. The first-order valence-corrected chi connectivity index (χ1v) is 6.77. The molecule has 0 bridgehead atoms. The van der Waals surface area contributed by atoms with Gasteiger partial charge in [0.25, 0.3) is 5.69 Å². The Morgan fingerprint density at radius 2 is 2.09 bits per heavy atom. The van der Waals surface area contributed by atoms with E-state index in [-0.39, 0.29) is 11.2 Å². The molecule has 116 valence electrons. The third kappa shape index (κ3) is 2.70. The zero-order chi connectivity index (χ0) is 15.7. The van der Waals surface area contributed by atoms with Gasteiger partial charge in [-0.05, 0) is 6.07 Å². The molecule has 1 amide bonds. The van der Waals surface area contributed by atoms with Crippen LogP contribution in [-0.2, 0) is 6.54 Å². The molecule has 2 heterocycles. The van der Waals surface area contributed by atoms with Gasteiger partial charge in [-0.25, -0.2) is 9.78 Å². The summed E-state index contributed by atoms with van der Waals surface area (Å²) in [5.41, 5.74) is 0.545. The minimum absolute atomic E-state index is 0.0804. The summed E-state index contributed by atoms with van der Waals surface area (Å²) in [4.78, 5) is 28.9. The largest absolute Gasteiger partial charge is 0.465 e. The fourth-order valence-electron chi connectivity index (χ4n) is 2.48. The van der Waals surface area contributed by atoms with Crippen LogP contribution >= 0.6 is 0 Å². The molecular formula is C13H14N4O5. The first-order valence-electron chi connectivity index (χ1n) is 6.77. The molecule has 0 aliphatic carbocycles. The molecule has 0 radical (unpaired) electrons. The number of nitro groups is 1. The minimum atomic E-state index is -0.919. The highest BCUT2D eigenvalue weighted by atomic mass is 16.6. The highest BCUT2D eigenvalue weighted by molar-refractivity contribution is 5.82. The fourth-order valence-corrected chi connectivity index (χ4v) is 2.48. The van der Waals surface area contributed by atoms with E-state index < -0.39 is 11.0 Å². The van der Waals surface area contributed by atoms with Gasteiger partial charge in [-0.1, -0.05) is 6.07 Å². The Kier molecular flexibility index (Phi) is 3.63. The standard InChI is InChI=1S/C13H14N4O5/c18-13(19)16-6-4-15(5-7-16)8-11-14-12-9(17(20)21)2-1-3-10(12)22-11/h1-3H,4-8H2,(H,18,19). The number of benzene rings is 1. The summed E-state index contributed by atoms with van der Waals surface area (Å²) in [6.07, 6.45) is -0.919. The number of fused-ring (bicyclic) bond motifs is 1. The Morgan fingerprint density at radius 3 is 2.73 bits per heavy atom. The smallest absolute Gasteiger partial charge is 0.407 e. The van der Waals surface area contributed by atoms with Crippen molar-refractivity contribution in [3.05, 3.63) is 34.2 Å². The van der Waals surface area contributed by atoms with Crippen molar-refractivity contribution in [2.24, 2.45) is 0 Å². The lowest BCUT2D eigenvalue weighted by molar-refractivity contribution is -0.383. The molecule has 0 spiro atoms. The molecule has 1 aromatic heterocycles. The number of amides is 1. The summed E-state index contributed by atoms with van der Waals surface area (Å²) in [6, 6.07) is 4.59. The predicted octanol–water partition coefficient (Wildman–Crippen LogP) is 1.53. The van der Waals surface area contributed by atoms with Gasteiger partial charge in [0, 0.05) is 32.2 Å². The lowest BCUT2D eigenvalue weighted by Gasteiger charge is -2.32. The maximum Gasteiger partial charge on any atom is 0.407 e. The number of hydrogen-bond acceptors (Lipinski definition) is 6. The summed E-state index contributed by atoms with van der Waals surface area (Å²) >= 11 is 0. The maximum atomic E-state index is 11.0. The zero-order valence-electron chi connectivity index (χ0n) is 11.6. The van der Waals surface area contributed by atoms with Crippen LogP contribution in [0.3, 0.4) is 0 Å². The SMILES string of the molecule is O=C(O)N1CCN(Cc2nc3c([N+](=O)[O-])cccc3o2)CC1. The average molecular weight is 306 g/mol. The molecule has 2 aromatic rings. The second kappa shape index (κ2) is 5.60. The normalized spacial score (nSPS) is 16.1. The van der Waals surface area contributed by atoms with Crippen LogP contribution in [0.5, 0.6) is 0 Å². The van der Waals surface area contributed by atoms with Gasteiger partial charge in [0.2, 0.25) is 5.89 Å². The molecule has 0 saturated carbocycles. The summed E-state index contributed by atoms with van der Waals surface area (Å²) in [6.45, 7) is 2.41. The molecule has 9 heteroatoms. The van der Waals surface area contributed by atoms with Crippen LogP contribution in [0.15, 0.2) is 22.6 Å². The van der Waals surface area contributed by atoms with Gasteiger partial charge in [0.1, 0.15) is 0 Å². The van der Waals surface area contributed by atoms with E-state index in [1.807, 2.05) is 4.90 Å². The Morgan fingerprint density at radius 1 is 1.36 bits per heavy atom. The van der Waals surface area contributed by atoms with E-state index in [0.29, 0.717) is 44.2 Å². The van der Waals surface area contributed by atoms with Crippen LogP contribution in [0, 0.1) is 10.1 Å². The number of nitro benzene ring substituents is 1. The maximum absolute atomic E-state index is 11.0. The number of carbonyl (C=O) groups is 1. The van der Waals surface area contributed by atoms with Gasteiger partial charge in [-0.2, -0.15) is 0 Å². The summed E-state index contributed by atoms with van der Waals surface area (Å²) in [7, 11) is 0. The van der Waals surface area contributed by atoms with Crippen LogP contribution in [0.1, 0.15) is 5.89 Å². The first-order chi connectivity index (χ1) is 10.5. The predicted molar refractivity (Wildman–Crippen MR) is 75.5 cm³/mol. The van der Waals surface area contributed by atoms with Gasteiger partial charge in [-0.3, -0.25) is 15.0 Å². The van der Waals surface area contributed by atoms with Crippen molar-refractivity contribution in [3.63, 3.8) is 0 Å². The van der Waals surface area contributed by atoms with E-state index >= 15 is 0 Å². The van der Waals surface area contributed by atoms with Gasteiger partial charge in [-0.15, -0.1) is 0 Å². The minimum Gasteiger partial charge on any atom is -0.465 e. The molecule has 1 saturated heterocycles. The second-order valence-corrected chi connectivity index (χ2v) is 5.03. The topological polar surface area (TPSA) is 113 Å². The number of nitrogens with zero attached hydrogens (tertiary/aromatic N) is 4. The lowest BCUT2D eigenvalue weighted by Crippen LogP contribution is -2.47. The number of aromatic nitrogens is 1. The van der Waals surface area contributed by atoms with E-state index in [0.717, 1.165) is 0 Å². The van der Waals surface area contributed by atoms with Crippen molar-refractivity contribution < 1.29 is 19.2 Å². The average Bonchev–Trinajstić information content (AvgIpc) is 2.89. The molecule has 1 aliphatic rings. The van der Waals surface area contributed by atoms with Crippen LogP contribution in [-0.4, -0.2) is 57.1 Å². The molecule has 9 nitrogen and oxygen atoms in total. The highest BCUT2D eigenvalue weighted by Crippen LogP contribution is 2.25. The third-order valence-corrected chi connectivity index (χ3v) is 3.64. The van der Waals surface area contributed by atoms with Crippen molar-refractivity contribution in [2.75, 3.05) is 26.2 Å². The van der Waals surface area contributed by atoms with Crippen LogP contribution in [0.4, 0.5) is 10.5 Å². The summed E-state index contributed by atoms with van der Waals surface area (Å²) in [5, 5.41) is 19.9. The molecular weight excluding hydrogens is 292 g/mol. The van der Waals surface area contributed by atoms with Gasteiger partial charge in [0.05, 0.1) is 11.5 Å². The van der Waals surface area contributed by atoms with Crippen molar-refractivity contribution in [2.45, 2.75) is 6.54 Å².